The van der Waals surface area contributed by atoms with Crippen molar-refractivity contribution in [1.29, 1.82) is 0 Å². The molecular formula is C34H25FN2O4. The first-order valence-electron chi connectivity index (χ1n) is 13.5. The van der Waals surface area contributed by atoms with E-state index in [1.54, 1.807) is 17.2 Å². The Labute approximate surface area is 236 Å². The van der Waals surface area contributed by atoms with Crippen molar-refractivity contribution in [3.8, 4) is 0 Å². The fourth-order valence-electron chi connectivity index (χ4n) is 6.47. The van der Waals surface area contributed by atoms with Gasteiger partial charge in [0.2, 0.25) is 11.8 Å². The summed E-state index contributed by atoms with van der Waals surface area (Å²) in [6.45, 7) is 0. The first-order chi connectivity index (χ1) is 20.0. The average molecular weight is 545 g/mol. The quantitative estimate of drug-likeness (QED) is 0.239. The van der Waals surface area contributed by atoms with Crippen molar-refractivity contribution in [3.05, 3.63) is 143 Å². The third-order valence-corrected chi connectivity index (χ3v) is 8.24. The van der Waals surface area contributed by atoms with Crippen LogP contribution in [0.25, 0.3) is 6.08 Å². The number of nitrogens with zero attached hydrogens (tertiary/aromatic N) is 2. The summed E-state index contributed by atoms with van der Waals surface area (Å²) >= 11 is 0. The molecule has 7 rings (SSSR count). The lowest BCUT2D eigenvalue weighted by Crippen LogP contribution is -2.45. The van der Waals surface area contributed by atoms with Crippen LogP contribution in [0.15, 0.2) is 115 Å². The maximum Gasteiger partial charge on any atom is 0.330 e. The number of amides is 2. The minimum Gasteiger partial charge on any atom is -0.451 e. The lowest BCUT2D eigenvalue weighted by Gasteiger charge is -2.35. The highest BCUT2D eigenvalue weighted by Crippen LogP contribution is 2.53. The van der Waals surface area contributed by atoms with E-state index in [1.807, 2.05) is 91.0 Å². The molecule has 4 atom stereocenters. The average Bonchev–Trinajstić information content (AvgIpc) is 3.49. The number of para-hydroxylation sites is 1. The summed E-state index contributed by atoms with van der Waals surface area (Å²) in [6, 6.07) is 30.4. The van der Waals surface area contributed by atoms with E-state index in [4.69, 9.17) is 4.74 Å². The number of carbonyl (C=O) groups is 3. The highest BCUT2D eigenvalue weighted by Gasteiger charge is 2.65. The molecule has 1 unspecified atom stereocenters. The highest BCUT2D eigenvalue weighted by molar-refractivity contribution is 6.24. The van der Waals surface area contributed by atoms with Crippen molar-refractivity contribution in [1.82, 2.24) is 4.90 Å². The van der Waals surface area contributed by atoms with Crippen LogP contribution in [0, 0.1) is 17.7 Å². The van der Waals surface area contributed by atoms with Gasteiger partial charge in [0, 0.05) is 6.20 Å². The molecule has 2 amide bonds. The molecule has 3 aliphatic rings. The number of hydrogen-bond acceptors (Lipinski definition) is 5. The summed E-state index contributed by atoms with van der Waals surface area (Å²) in [6.07, 6.45) is 2.92. The molecule has 0 spiro atoms. The molecule has 2 saturated heterocycles. The Hall–Kier alpha value is -5.04. The number of fused-ring (bicyclic) bond motifs is 5. The third kappa shape index (κ3) is 3.96. The van der Waals surface area contributed by atoms with Crippen molar-refractivity contribution < 1.29 is 23.5 Å². The molecular weight excluding hydrogens is 519 g/mol. The van der Waals surface area contributed by atoms with Crippen molar-refractivity contribution in [2.75, 3.05) is 4.90 Å². The lowest BCUT2D eigenvalue weighted by atomic mass is 9.84. The van der Waals surface area contributed by atoms with Gasteiger partial charge in [0.05, 0.1) is 23.6 Å². The van der Waals surface area contributed by atoms with Crippen LogP contribution in [-0.4, -0.2) is 28.7 Å². The van der Waals surface area contributed by atoms with Gasteiger partial charge in [-0.2, -0.15) is 0 Å². The van der Waals surface area contributed by atoms with E-state index < -0.39 is 53.6 Å². The van der Waals surface area contributed by atoms with E-state index in [2.05, 4.69) is 0 Å². The Morgan fingerprint density at radius 3 is 2.00 bits per heavy atom. The first kappa shape index (κ1) is 25.0. The van der Waals surface area contributed by atoms with Crippen LogP contribution >= 0.6 is 0 Å². The highest BCUT2D eigenvalue weighted by atomic mass is 19.1. The van der Waals surface area contributed by atoms with Crippen molar-refractivity contribution in [2.24, 2.45) is 11.8 Å². The summed E-state index contributed by atoms with van der Waals surface area (Å²) in [5.74, 6) is -4.38. The summed E-state index contributed by atoms with van der Waals surface area (Å²) in [5, 5.41) is 0. The van der Waals surface area contributed by atoms with Crippen molar-refractivity contribution in [2.45, 2.75) is 18.2 Å². The minimum atomic E-state index is -1.09. The zero-order chi connectivity index (χ0) is 28.1. The van der Waals surface area contributed by atoms with Gasteiger partial charge in [0.1, 0.15) is 11.9 Å². The number of halogens is 1. The molecule has 2 fully saturated rings. The molecule has 4 aromatic rings. The van der Waals surface area contributed by atoms with Crippen molar-refractivity contribution in [3.63, 3.8) is 0 Å². The molecule has 0 aliphatic carbocycles. The summed E-state index contributed by atoms with van der Waals surface area (Å²) < 4.78 is 21.1. The maximum atomic E-state index is 14.9. The molecule has 3 aliphatic heterocycles. The Morgan fingerprint density at radius 2 is 1.32 bits per heavy atom. The van der Waals surface area contributed by atoms with E-state index >= 15 is 0 Å². The number of anilines is 1. The SMILES string of the molecule is O=C(OC(c1ccccc1)c1ccccc1)[C@@H]1[C@@H]2C(=O)N(c3ccccc3F)C(=O)[C@@H]2C2c3ccccc3C=CN21. The number of esters is 1. The van der Waals surface area contributed by atoms with Gasteiger partial charge in [-0.3, -0.25) is 9.59 Å². The largest absolute Gasteiger partial charge is 0.451 e. The number of rotatable bonds is 5. The predicted molar refractivity (Wildman–Crippen MR) is 151 cm³/mol. The van der Waals surface area contributed by atoms with Gasteiger partial charge in [-0.25, -0.2) is 14.1 Å². The Balaban J connectivity index is 1.32. The molecule has 0 N–H and O–H groups in total. The minimum absolute atomic E-state index is 0.110. The number of ether oxygens (including phenoxy) is 1. The normalized spacial score (nSPS) is 22.5. The molecule has 202 valence electrons. The Bertz CT molecular complexity index is 1650. The van der Waals surface area contributed by atoms with Gasteiger partial charge in [0.15, 0.2) is 6.10 Å². The molecule has 0 saturated carbocycles. The Morgan fingerprint density at radius 1 is 0.732 bits per heavy atom. The second kappa shape index (κ2) is 9.86. The predicted octanol–water partition coefficient (Wildman–Crippen LogP) is 5.67. The van der Waals surface area contributed by atoms with E-state index in [9.17, 15) is 18.8 Å². The number of hydrogen-bond donors (Lipinski definition) is 0. The molecule has 4 aromatic carbocycles. The van der Waals surface area contributed by atoms with E-state index in [1.165, 1.54) is 18.2 Å². The molecule has 0 aromatic heterocycles. The summed E-state index contributed by atoms with van der Waals surface area (Å²) in [7, 11) is 0. The smallest absolute Gasteiger partial charge is 0.330 e. The molecule has 41 heavy (non-hydrogen) atoms. The van der Waals surface area contributed by atoms with Crippen LogP contribution in [0.3, 0.4) is 0 Å². The fourth-order valence-corrected chi connectivity index (χ4v) is 6.47. The van der Waals surface area contributed by atoms with Gasteiger partial charge in [-0.15, -0.1) is 0 Å². The zero-order valence-electron chi connectivity index (χ0n) is 21.8. The van der Waals surface area contributed by atoms with E-state index in [0.717, 1.165) is 27.2 Å². The summed E-state index contributed by atoms with van der Waals surface area (Å²) in [5.41, 5.74) is 3.18. The monoisotopic (exact) mass is 544 g/mol. The number of benzene rings is 4. The Kier molecular flexibility index (Phi) is 6.00. The van der Waals surface area contributed by atoms with Crippen LogP contribution in [0.2, 0.25) is 0 Å². The molecule has 3 heterocycles. The molecule has 0 radical (unpaired) electrons. The topological polar surface area (TPSA) is 66.9 Å². The van der Waals surface area contributed by atoms with Crippen LogP contribution in [0.5, 0.6) is 0 Å². The van der Waals surface area contributed by atoms with Gasteiger partial charge in [-0.1, -0.05) is 97.1 Å². The van der Waals surface area contributed by atoms with Gasteiger partial charge >= 0.3 is 5.97 Å². The van der Waals surface area contributed by atoms with Crippen LogP contribution in [-0.2, 0) is 19.1 Å². The van der Waals surface area contributed by atoms with Gasteiger partial charge in [0.25, 0.3) is 0 Å². The second-order valence-corrected chi connectivity index (χ2v) is 10.4. The number of imide groups is 1. The lowest BCUT2D eigenvalue weighted by molar-refractivity contribution is -0.155. The molecule has 6 nitrogen and oxygen atoms in total. The van der Waals surface area contributed by atoms with Gasteiger partial charge in [-0.05, 0) is 40.5 Å². The third-order valence-electron chi connectivity index (χ3n) is 8.24. The second-order valence-electron chi connectivity index (χ2n) is 10.4. The van der Waals surface area contributed by atoms with Crippen molar-refractivity contribution >= 4 is 29.5 Å². The van der Waals surface area contributed by atoms with Crippen LogP contribution < -0.4 is 4.90 Å². The van der Waals surface area contributed by atoms with Gasteiger partial charge < -0.3 is 9.64 Å². The number of carbonyl (C=O) groups excluding carboxylic acids is 3. The van der Waals surface area contributed by atoms with E-state index in [0.29, 0.717) is 0 Å². The standard InChI is InChI=1S/C34H25FN2O4/c35-25-17-9-10-18-26(25)37-32(38)27-28(33(37)39)30(36-20-19-21-11-7-8-16-24(21)29(27)36)34(40)41-31(22-12-3-1-4-13-22)23-14-5-2-6-15-23/h1-20,27-31H/t27-,28+,29?,30-/m0/s1. The first-order valence-corrected chi connectivity index (χ1v) is 13.5. The molecule has 7 heteroatoms. The van der Waals surface area contributed by atoms with E-state index in [-0.39, 0.29) is 5.69 Å². The van der Waals surface area contributed by atoms with Crippen LogP contribution in [0.4, 0.5) is 10.1 Å². The zero-order valence-corrected chi connectivity index (χ0v) is 21.8. The molecule has 0 bridgehead atoms. The fraction of sp³-hybridized carbons (Fsp3) is 0.147. The van der Waals surface area contributed by atoms with Crippen LogP contribution in [0.1, 0.15) is 34.4 Å². The maximum absolute atomic E-state index is 14.9. The summed E-state index contributed by atoms with van der Waals surface area (Å²) in [4.78, 5) is 44.9.